The van der Waals surface area contributed by atoms with E-state index in [4.69, 9.17) is 9.84 Å². The summed E-state index contributed by atoms with van der Waals surface area (Å²) in [7, 11) is 0. The molecule has 2 aromatic rings. The molecular formula is C31H41N5O5. The van der Waals surface area contributed by atoms with Crippen molar-refractivity contribution < 1.29 is 24.2 Å². The number of amides is 2. The molecule has 0 spiro atoms. The Balaban J connectivity index is 1.16. The number of fused-ring (bicyclic) bond motifs is 1. The first kappa shape index (κ1) is 29.0. The summed E-state index contributed by atoms with van der Waals surface area (Å²) in [6.45, 7) is 9.01. The maximum Gasteiger partial charge on any atom is 0.344 e. The van der Waals surface area contributed by atoms with Crippen LogP contribution in [0.3, 0.4) is 0 Å². The predicted octanol–water partition coefficient (Wildman–Crippen LogP) is 3.39. The van der Waals surface area contributed by atoms with E-state index in [9.17, 15) is 14.4 Å². The molecule has 2 saturated heterocycles. The van der Waals surface area contributed by atoms with E-state index in [1.54, 1.807) is 13.8 Å². The average molecular weight is 564 g/mol. The maximum atomic E-state index is 13.5. The van der Waals surface area contributed by atoms with E-state index in [2.05, 4.69) is 32.3 Å². The van der Waals surface area contributed by atoms with Crippen LogP contribution in [-0.2, 0) is 9.59 Å². The number of rotatable bonds is 10. The molecule has 0 bridgehead atoms. The van der Waals surface area contributed by atoms with E-state index in [1.165, 1.54) is 6.92 Å². The van der Waals surface area contributed by atoms with Crippen molar-refractivity contribution in [3.05, 3.63) is 52.8 Å². The Morgan fingerprint density at radius 1 is 1.00 bits per heavy atom. The molecule has 10 nitrogen and oxygen atoms in total. The number of nitrogens with one attached hydrogen (secondary N) is 1. The van der Waals surface area contributed by atoms with Gasteiger partial charge in [0.15, 0.2) is 6.10 Å². The second-order valence-electron chi connectivity index (χ2n) is 11.9. The van der Waals surface area contributed by atoms with Crippen molar-refractivity contribution in [3.63, 3.8) is 0 Å². The van der Waals surface area contributed by atoms with Crippen LogP contribution in [-0.4, -0.2) is 81.5 Å². The van der Waals surface area contributed by atoms with Gasteiger partial charge < -0.3 is 25.0 Å². The quantitative estimate of drug-likeness (QED) is 0.451. The van der Waals surface area contributed by atoms with Crippen LogP contribution in [0.25, 0.3) is 0 Å². The van der Waals surface area contributed by atoms with E-state index in [0.717, 1.165) is 57.3 Å². The van der Waals surface area contributed by atoms with E-state index >= 15 is 0 Å². The van der Waals surface area contributed by atoms with Gasteiger partial charge in [-0.15, -0.1) is 0 Å². The Morgan fingerprint density at radius 3 is 2.20 bits per heavy atom. The summed E-state index contributed by atoms with van der Waals surface area (Å²) in [5.41, 5.74) is 2.58. The number of aliphatic carboxylic acids is 1. The molecule has 3 aliphatic rings. The highest BCUT2D eigenvalue weighted by Crippen LogP contribution is 2.33. The van der Waals surface area contributed by atoms with Gasteiger partial charge in [-0.3, -0.25) is 9.59 Å². The molecule has 1 aromatic heterocycles. The Labute approximate surface area is 241 Å². The predicted molar refractivity (Wildman–Crippen MR) is 152 cm³/mol. The van der Waals surface area contributed by atoms with Crippen LogP contribution in [0.2, 0.25) is 0 Å². The highest BCUT2D eigenvalue weighted by molar-refractivity contribution is 5.96. The Hall–Kier alpha value is -3.53. The van der Waals surface area contributed by atoms with Crippen LogP contribution in [0.5, 0.6) is 6.01 Å². The van der Waals surface area contributed by atoms with Crippen LogP contribution in [0.4, 0.5) is 0 Å². The van der Waals surface area contributed by atoms with Crippen molar-refractivity contribution in [2.45, 2.75) is 65.0 Å². The SMILES string of the molecule is Cc1nc(OC(C)C(=O)O)nc(C)c1C(=O)N1CC2CN(CC[C@H](NC(=O)C3CCCC3)c3ccccc3)CC2C1. The molecule has 1 saturated carbocycles. The number of carbonyl (C=O) groups is 3. The first-order chi connectivity index (χ1) is 19.7. The Kier molecular flexibility index (Phi) is 8.87. The molecule has 1 aromatic carbocycles. The largest absolute Gasteiger partial charge is 0.479 e. The standard InChI is InChI=1S/C31H41N5O5/c1-19-27(20(2)33-31(32-19)41-21(3)30(39)40)29(38)36-17-24-15-35(16-25(24)18-36)14-13-26(22-9-5-4-6-10-22)34-28(37)23-11-7-8-12-23/h4-6,9-10,21,23-26H,7-8,11-18H2,1-3H3,(H,34,37)(H,39,40)/t21?,24?,25?,26-/m0/s1. The van der Waals surface area contributed by atoms with Gasteiger partial charge in [0.2, 0.25) is 5.91 Å². The molecule has 2 N–H and O–H groups in total. The van der Waals surface area contributed by atoms with E-state index in [-0.39, 0.29) is 29.8 Å². The van der Waals surface area contributed by atoms with Gasteiger partial charge in [0, 0.05) is 38.6 Å². The first-order valence-electron chi connectivity index (χ1n) is 14.8. The minimum Gasteiger partial charge on any atom is -0.479 e. The third kappa shape index (κ3) is 6.69. The number of hydrogen-bond donors (Lipinski definition) is 2. The first-order valence-corrected chi connectivity index (χ1v) is 14.8. The molecule has 41 heavy (non-hydrogen) atoms. The lowest BCUT2D eigenvalue weighted by molar-refractivity contribution is -0.144. The molecule has 10 heteroatoms. The van der Waals surface area contributed by atoms with Crippen molar-refractivity contribution in [2.24, 2.45) is 17.8 Å². The van der Waals surface area contributed by atoms with Gasteiger partial charge >= 0.3 is 12.0 Å². The van der Waals surface area contributed by atoms with Gasteiger partial charge in [-0.25, -0.2) is 4.79 Å². The Morgan fingerprint density at radius 2 is 1.61 bits per heavy atom. The van der Waals surface area contributed by atoms with Gasteiger partial charge in [0.05, 0.1) is 23.0 Å². The van der Waals surface area contributed by atoms with Crippen molar-refractivity contribution in [3.8, 4) is 6.01 Å². The zero-order chi connectivity index (χ0) is 29.1. The fraction of sp³-hybridized carbons (Fsp3) is 0.581. The zero-order valence-electron chi connectivity index (χ0n) is 24.2. The van der Waals surface area contributed by atoms with Crippen molar-refractivity contribution >= 4 is 17.8 Å². The summed E-state index contributed by atoms with van der Waals surface area (Å²) in [5.74, 6) is -0.0471. The summed E-state index contributed by atoms with van der Waals surface area (Å²) in [6, 6.07) is 10.2. The summed E-state index contributed by atoms with van der Waals surface area (Å²) < 4.78 is 5.31. The molecule has 4 atom stereocenters. The lowest BCUT2D eigenvalue weighted by Gasteiger charge is -2.26. The highest BCUT2D eigenvalue weighted by atomic mass is 16.5. The second-order valence-corrected chi connectivity index (χ2v) is 11.9. The number of nitrogens with zero attached hydrogens (tertiary/aromatic N) is 4. The molecular weight excluding hydrogens is 522 g/mol. The van der Waals surface area contributed by atoms with Crippen molar-refractivity contribution in [2.75, 3.05) is 32.7 Å². The van der Waals surface area contributed by atoms with Crippen LogP contribution < -0.4 is 10.1 Å². The molecule has 1 aliphatic carbocycles. The van der Waals surface area contributed by atoms with E-state index in [0.29, 0.717) is 41.9 Å². The van der Waals surface area contributed by atoms with Crippen LogP contribution in [0, 0.1) is 31.6 Å². The second kappa shape index (κ2) is 12.5. The van der Waals surface area contributed by atoms with Gasteiger partial charge in [-0.05, 0) is 57.4 Å². The maximum absolute atomic E-state index is 13.5. The summed E-state index contributed by atoms with van der Waals surface area (Å²) in [5, 5.41) is 12.4. The third-order valence-corrected chi connectivity index (χ3v) is 8.92. The van der Waals surface area contributed by atoms with Crippen LogP contribution in [0.15, 0.2) is 30.3 Å². The normalized spacial score (nSPS) is 22.4. The minimum atomic E-state index is -1.11. The molecule has 3 heterocycles. The number of aromatic nitrogens is 2. The molecule has 2 aliphatic heterocycles. The number of carboxylic acid groups (broad SMARTS) is 1. The van der Waals surface area contributed by atoms with Crippen LogP contribution in [0.1, 0.15) is 72.4 Å². The van der Waals surface area contributed by atoms with Gasteiger partial charge in [-0.1, -0.05) is 43.2 Å². The molecule has 220 valence electrons. The van der Waals surface area contributed by atoms with Crippen molar-refractivity contribution in [1.29, 1.82) is 0 Å². The molecule has 5 rings (SSSR count). The molecule has 2 amide bonds. The number of ether oxygens (including phenoxy) is 1. The van der Waals surface area contributed by atoms with E-state index < -0.39 is 12.1 Å². The van der Waals surface area contributed by atoms with Gasteiger partial charge in [-0.2, -0.15) is 9.97 Å². The monoisotopic (exact) mass is 563 g/mol. The summed E-state index contributed by atoms with van der Waals surface area (Å²) in [6.07, 6.45) is 4.04. The number of carboxylic acids is 1. The number of carbonyl (C=O) groups excluding carboxylic acids is 2. The molecule has 3 unspecified atom stereocenters. The lowest BCUT2D eigenvalue weighted by Crippen LogP contribution is -2.37. The minimum absolute atomic E-state index is 0.000736. The lowest BCUT2D eigenvalue weighted by atomic mass is 10.0. The smallest absolute Gasteiger partial charge is 0.344 e. The number of aryl methyl sites for hydroxylation is 2. The van der Waals surface area contributed by atoms with E-state index in [1.807, 2.05) is 23.1 Å². The summed E-state index contributed by atoms with van der Waals surface area (Å²) >= 11 is 0. The number of likely N-dealkylation sites (tertiary alicyclic amines) is 2. The Bertz CT molecular complexity index is 1230. The third-order valence-electron chi connectivity index (χ3n) is 8.92. The molecule has 0 radical (unpaired) electrons. The molecule has 3 fully saturated rings. The fourth-order valence-electron chi connectivity index (χ4n) is 6.65. The average Bonchev–Trinajstić information content (AvgIpc) is 3.68. The highest BCUT2D eigenvalue weighted by Gasteiger charge is 2.42. The number of benzene rings is 1. The summed E-state index contributed by atoms with van der Waals surface area (Å²) in [4.78, 5) is 50.4. The van der Waals surface area contributed by atoms with Gasteiger partial charge in [0.1, 0.15) is 0 Å². The van der Waals surface area contributed by atoms with Gasteiger partial charge in [0.25, 0.3) is 5.91 Å². The fourth-order valence-corrected chi connectivity index (χ4v) is 6.65. The zero-order valence-corrected chi connectivity index (χ0v) is 24.2. The number of hydrogen-bond acceptors (Lipinski definition) is 7. The van der Waals surface area contributed by atoms with Crippen molar-refractivity contribution in [1.82, 2.24) is 25.1 Å². The van der Waals surface area contributed by atoms with Crippen LogP contribution >= 0.6 is 0 Å². The topological polar surface area (TPSA) is 125 Å².